The van der Waals surface area contributed by atoms with Gasteiger partial charge in [-0.2, -0.15) is 0 Å². The molecule has 2 aromatic rings. The smallest absolute Gasteiger partial charge is 0.256 e. The molecule has 29 heavy (non-hydrogen) atoms. The van der Waals surface area contributed by atoms with Gasteiger partial charge >= 0.3 is 0 Å². The molecule has 4 N–H and O–H groups in total. The van der Waals surface area contributed by atoms with Gasteiger partial charge in [-0.3, -0.25) is 14.4 Å². The molecule has 1 atom stereocenters. The van der Waals surface area contributed by atoms with Gasteiger partial charge in [0.15, 0.2) is 0 Å². The zero-order chi connectivity index (χ0) is 20.5. The average Bonchev–Trinajstić information content (AvgIpc) is 3.48. The summed E-state index contributed by atoms with van der Waals surface area (Å²) in [7, 11) is 0. The quantitative estimate of drug-likeness (QED) is 0.680. The van der Waals surface area contributed by atoms with Gasteiger partial charge in [-0.25, -0.2) is 0 Å². The van der Waals surface area contributed by atoms with Gasteiger partial charge in [0, 0.05) is 22.9 Å². The minimum absolute atomic E-state index is 0.0989. The third kappa shape index (κ3) is 4.34. The number of amides is 3. The highest BCUT2D eigenvalue weighted by Crippen LogP contribution is 2.39. The van der Waals surface area contributed by atoms with E-state index >= 15 is 0 Å². The third-order valence-electron chi connectivity index (χ3n) is 5.62. The number of anilines is 1. The van der Waals surface area contributed by atoms with Crippen LogP contribution in [0.5, 0.6) is 0 Å². The Morgan fingerprint density at radius 1 is 1.14 bits per heavy atom. The predicted molar refractivity (Wildman–Crippen MR) is 113 cm³/mol. The summed E-state index contributed by atoms with van der Waals surface area (Å²) in [5.74, 6) is 0.0843. The Bertz CT molecular complexity index is 960. The maximum atomic E-state index is 12.7. The number of hydrogen-bond donors (Lipinski definition) is 3. The van der Waals surface area contributed by atoms with E-state index in [1.165, 1.54) is 11.3 Å². The Labute approximate surface area is 173 Å². The lowest BCUT2D eigenvalue weighted by Crippen LogP contribution is -2.24. The van der Waals surface area contributed by atoms with Crippen LogP contribution in [0.25, 0.3) is 0 Å². The second-order valence-corrected chi connectivity index (χ2v) is 9.17. The molecule has 2 aliphatic carbocycles. The van der Waals surface area contributed by atoms with Crippen LogP contribution < -0.4 is 16.4 Å². The molecular weight excluding hydrogens is 386 g/mol. The summed E-state index contributed by atoms with van der Waals surface area (Å²) >= 11 is 1.46. The number of hydrogen-bond acceptors (Lipinski definition) is 4. The Morgan fingerprint density at radius 3 is 2.52 bits per heavy atom. The number of benzene rings is 1. The van der Waals surface area contributed by atoms with Crippen molar-refractivity contribution in [3.8, 4) is 0 Å². The molecule has 152 valence electrons. The molecule has 1 aromatic heterocycles. The maximum Gasteiger partial charge on any atom is 0.256 e. The molecule has 7 heteroatoms. The molecule has 1 fully saturated rings. The molecule has 1 unspecified atom stereocenters. The molecule has 4 rings (SSSR count). The molecule has 0 aliphatic heterocycles. The summed E-state index contributed by atoms with van der Waals surface area (Å²) in [6.07, 6.45) is 4.71. The summed E-state index contributed by atoms with van der Waals surface area (Å²) in [5, 5.41) is 6.34. The molecule has 0 bridgehead atoms. The van der Waals surface area contributed by atoms with Gasteiger partial charge < -0.3 is 16.4 Å². The Morgan fingerprint density at radius 2 is 1.86 bits per heavy atom. The van der Waals surface area contributed by atoms with Crippen molar-refractivity contribution in [1.29, 1.82) is 0 Å². The fourth-order valence-electron chi connectivity index (χ4n) is 3.73. The number of fused-ring (bicyclic) bond motifs is 1. The molecule has 0 spiro atoms. The first kappa shape index (κ1) is 19.6. The van der Waals surface area contributed by atoms with E-state index in [9.17, 15) is 14.4 Å². The maximum absolute atomic E-state index is 12.7. The van der Waals surface area contributed by atoms with Crippen LogP contribution in [-0.2, 0) is 24.2 Å². The van der Waals surface area contributed by atoms with E-state index < -0.39 is 5.91 Å². The van der Waals surface area contributed by atoms with Crippen molar-refractivity contribution in [2.45, 2.75) is 45.6 Å². The van der Waals surface area contributed by atoms with Crippen LogP contribution in [0.3, 0.4) is 0 Å². The van der Waals surface area contributed by atoms with E-state index in [0.717, 1.165) is 48.1 Å². The fourth-order valence-corrected chi connectivity index (χ4v) is 5.14. The van der Waals surface area contributed by atoms with E-state index in [1.54, 1.807) is 12.1 Å². The van der Waals surface area contributed by atoms with Gasteiger partial charge in [-0.15, -0.1) is 11.3 Å². The molecule has 0 radical (unpaired) electrons. The van der Waals surface area contributed by atoms with E-state index in [4.69, 9.17) is 5.73 Å². The topological polar surface area (TPSA) is 101 Å². The highest BCUT2D eigenvalue weighted by molar-refractivity contribution is 7.17. The summed E-state index contributed by atoms with van der Waals surface area (Å²) in [4.78, 5) is 37.6. The van der Waals surface area contributed by atoms with Crippen LogP contribution in [0, 0.1) is 11.8 Å². The molecule has 3 amide bonds. The average molecular weight is 412 g/mol. The van der Waals surface area contributed by atoms with Crippen LogP contribution in [0.1, 0.15) is 62.9 Å². The largest absolute Gasteiger partial charge is 0.365 e. The first-order valence-corrected chi connectivity index (χ1v) is 10.9. The molecule has 1 aromatic carbocycles. The molecule has 6 nitrogen and oxygen atoms in total. The minimum atomic E-state index is -0.492. The van der Waals surface area contributed by atoms with Gasteiger partial charge in [-0.05, 0) is 61.3 Å². The Balaban J connectivity index is 1.45. The fraction of sp³-hybridized carbons (Fsp3) is 0.409. The van der Waals surface area contributed by atoms with Gasteiger partial charge in [0.25, 0.3) is 11.8 Å². The highest BCUT2D eigenvalue weighted by Gasteiger charge is 2.29. The first-order chi connectivity index (χ1) is 13.9. The second-order valence-electron chi connectivity index (χ2n) is 8.06. The molecular formula is C22H25N3O3S. The van der Waals surface area contributed by atoms with Gasteiger partial charge in [-0.1, -0.05) is 19.1 Å². The van der Waals surface area contributed by atoms with Crippen LogP contribution in [0.4, 0.5) is 5.00 Å². The zero-order valence-electron chi connectivity index (χ0n) is 16.4. The number of rotatable bonds is 6. The SMILES string of the molecule is CC1CCc2c(sc(NC(=O)c3ccc(CNC(=O)C4CC4)cc3)c2C(N)=O)C1. The number of thiophene rings is 1. The Hall–Kier alpha value is -2.67. The van der Waals surface area contributed by atoms with E-state index in [1.807, 2.05) is 12.1 Å². The molecule has 2 aliphatic rings. The molecule has 0 saturated heterocycles. The minimum Gasteiger partial charge on any atom is -0.365 e. The Kier molecular flexibility index (Phi) is 5.41. The van der Waals surface area contributed by atoms with Gasteiger partial charge in [0.2, 0.25) is 5.91 Å². The summed E-state index contributed by atoms with van der Waals surface area (Å²) in [5.41, 5.74) is 8.51. The monoisotopic (exact) mass is 411 g/mol. The van der Waals surface area contributed by atoms with Crippen LogP contribution in [0.15, 0.2) is 24.3 Å². The van der Waals surface area contributed by atoms with Crippen molar-refractivity contribution in [1.82, 2.24) is 5.32 Å². The van der Waals surface area contributed by atoms with E-state index in [0.29, 0.717) is 28.6 Å². The van der Waals surface area contributed by atoms with Crippen LogP contribution in [-0.4, -0.2) is 17.7 Å². The van der Waals surface area contributed by atoms with Crippen molar-refractivity contribution in [3.63, 3.8) is 0 Å². The summed E-state index contributed by atoms with van der Waals surface area (Å²) in [6, 6.07) is 7.12. The predicted octanol–water partition coefficient (Wildman–Crippen LogP) is 3.25. The summed E-state index contributed by atoms with van der Waals surface area (Å²) < 4.78 is 0. The lowest BCUT2D eigenvalue weighted by molar-refractivity contribution is -0.122. The van der Waals surface area contributed by atoms with Crippen molar-refractivity contribution in [2.24, 2.45) is 17.6 Å². The number of primary amides is 1. The molecule has 1 saturated carbocycles. The number of nitrogens with one attached hydrogen (secondary N) is 2. The number of carbonyl (C=O) groups is 3. The van der Waals surface area contributed by atoms with Gasteiger partial charge in [0.1, 0.15) is 5.00 Å². The first-order valence-electron chi connectivity index (χ1n) is 10.0. The van der Waals surface area contributed by atoms with Crippen molar-refractivity contribution < 1.29 is 14.4 Å². The van der Waals surface area contributed by atoms with Crippen molar-refractivity contribution >= 4 is 34.1 Å². The second kappa shape index (κ2) is 7.99. The number of nitrogens with two attached hydrogens (primary N) is 1. The summed E-state index contributed by atoms with van der Waals surface area (Å²) in [6.45, 7) is 2.65. The lowest BCUT2D eigenvalue weighted by atomic mass is 9.88. The molecule has 1 heterocycles. The standard InChI is InChI=1S/C22H25N3O3S/c1-12-2-9-16-17(10-12)29-22(18(16)19(23)26)25-21(28)15-5-3-13(4-6-15)11-24-20(27)14-7-8-14/h3-6,12,14H,2,7-11H2,1H3,(H2,23,26)(H,24,27)(H,25,28). The van der Waals surface area contributed by atoms with Crippen LogP contribution in [0.2, 0.25) is 0 Å². The normalized spacial score (nSPS) is 18.0. The van der Waals surface area contributed by atoms with E-state index in [-0.39, 0.29) is 17.7 Å². The van der Waals surface area contributed by atoms with Crippen LogP contribution >= 0.6 is 11.3 Å². The third-order valence-corrected chi connectivity index (χ3v) is 6.79. The van der Waals surface area contributed by atoms with Gasteiger partial charge in [0.05, 0.1) is 5.56 Å². The van der Waals surface area contributed by atoms with E-state index in [2.05, 4.69) is 17.6 Å². The highest BCUT2D eigenvalue weighted by atomic mass is 32.1. The van der Waals surface area contributed by atoms with Crippen molar-refractivity contribution in [2.75, 3.05) is 5.32 Å². The zero-order valence-corrected chi connectivity index (χ0v) is 17.2. The number of carbonyl (C=O) groups excluding carboxylic acids is 3. The van der Waals surface area contributed by atoms with Crippen molar-refractivity contribution in [3.05, 3.63) is 51.4 Å². The lowest BCUT2D eigenvalue weighted by Gasteiger charge is -2.18.